The predicted octanol–water partition coefficient (Wildman–Crippen LogP) is -1.04. The number of carbonyl (C=O) groups excluding carboxylic acids is 1. The Balaban J connectivity index is 2.64. The van der Waals surface area contributed by atoms with Crippen LogP contribution in [0.1, 0.15) is 10.5 Å². The van der Waals surface area contributed by atoms with E-state index in [4.69, 9.17) is 5.84 Å². The number of nitrogen functional groups attached to an aromatic ring is 1. The minimum atomic E-state index is -0.482. The highest BCUT2D eigenvalue weighted by Crippen LogP contribution is 2.09. The van der Waals surface area contributed by atoms with Gasteiger partial charge in [0.1, 0.15) is 17.4 Å². The first kappa shape index (κ1) is 7.62. The molecule has 0 fully saturated rings. The molecule has 0 radical (unpaired) electrons. The second kappa shape index (κ2) is 2.79. The summed E-state index contributed by atoms with van der Waals surface area (Å²) in [5, 5.41) is 6.36. The van der Waals surface area contributed by atoms with Crippen molar-refractivity contribution in [2.75, 3.05) is 0 Å². The van der Waals surface area contributed by atoms with E-state index in [9.17, 15) is 4.79 Å². The van der Waals surface area contributed by atoms with Gasteiger partial charge < -0.3 is 0 Å². The first-order valence-electron chi connectivity index (χ1n) is 3.48. The van der Waals surface area contributed by atoms with Crippen molar-refractivity contribution in [2.45, 2.75) is 0 Å². The zero-order valence-corrected chi connectivity index (χ0v) is 6.48. The van der Waals surface area contributed by atoms with Crippen LogP contribution in [0.15, 0.2) is 12.5 Å². The largest absolute Gasteiger partial charge is 0.289 e. The molecule has 0 saturated heterocycles. The van der Waals surface area contributed by atoms with Crippen LogP contribution in [0.3, 0.4) is 0 Å². The van der Waals surface area contributed by atoms with Crippen LogP contribution in [0, 0.1) is 0 Å². The summed E-state index contributed by atoms with van der Waals surface area (Å²) >= 11 is 0. The summed E-state index contributed by atoms with van der Waals surface area (Å²) in [4.78, 5) is 18.8. The smallest absolute Gasteiger partial charge is 0.287 e. The number of H-pyrrole nitrogens is 1. The third-order valence-corrected chi connectivity index (χ3v) is 1.57. The molecule has 1 amide bonds. The summed E-state index contributed by atoms with van der Waals surface area (Å²) in [5.74, 6) is 4.48. The first-order chi connectivity index (χ1) is 6.33. The van der Waals surface area contributed by atoms with Gasteiger partial charge in [-0.2, -0.15) is 5.10 Å². The third kappa shape index (κ3) is 1.11. The molecule has 66 valence electrons. The van der Waals surface area contributed by atoms with Gasteiger partial charge in [-0.25, -0.2) is 15.8 Å². The van der Waals surface area contributed by atoms with E-state index in [1.807, 2.05) is 5.43 Å². The highest BCUT2D eigenvalue weighted by atomic mass is 16.2. The van der Waals surface area contributed by atoms with E-state index in [1.54, 1.807) is 0 Å². The lowest BCUT2D eigenvalue weighted by Gasteiger charge is -1.92. The Morgan fingerprint density at radius 1 is 1.62 bits per heavy atom. The van der Waals surface area contributed by atoms with Crippen molar-refractivity contribution in [1.82, 2.24) is 25.6 Å². The molecule has 2 aromatic rings. The molecule has 7 heteroatoms. The van der Waals surface area contributed by atoms with Crippen LogP contribution in [0.5, 0.6) is 0 Å². The lowest BCUT2D eigenvalue weighted by Crippen LogP contribution is -2.30. The van der Waals surface area contributed by atoms with E-state index in [-0.39, 0.29) is 5.69 Å². The summed E-state index contributed by atoms with van der Waals surface area (Å²) in [6.07, 6.45) is 2.87. The maximum Gasteiger partial charge on any atom is 0.287 e. The maximum absolute atomic E-state index is 11.1. The number of fused-ring (bicyclic) bond motifs is 1. The van der Waals surface area contributed by atoms with Gasteiger partial charge in [0.05, 0.1) is 6.20 Å². The number of hydrogen-bond donors (Lipinski definition) is 3. The van der Waals surface area contributed by atoms with Crippen molar-refractivity contribution in [3.63, 3.8) is 0 Å². The summed E-state index contributed by atoms with van der Waals surface area (Å²) in [7, 11) is 0. The van der Waals surface area contributed by atoms with Crippen LogP contribution in [0.25, 0.3) is 11.0 Å². The highest BCUT2D eigenvalue weighted by Gasteiger charge is 2.13. The van der Waals surface area contributed by atoms with Gasteiger partial charge in [0.2, 0.25) is 0 Å². The number of nitrogens with one attached hydrogen (secondary N) is 2. The molecule has 2 rings (SSSR count). The fraction of sp³-hybridized carbons (Fsp3) is 0. The molecular formula is C6H6N6O. The van der Waals surface area contributed by atoms with Crippen LogP contribution >= 0.6 is 0 Å². The lowest BCUT2D eigenvalue weighted by atomic mass is 10.3. The highest BCUT2D eigenvalue weighted by molar-refractivity contribution is 6.02. The molecule has 0 aromatic carbocycles. The average Bonchev–Trinajstić information content (AvgIpc) is 2.60. The van der Waals surface area contributed by atoms with Crippen molar-refractivity contribution in [1.29, 1.82) is 0 Å². The third-order valence-electron chi connectivity index (χ3n) is 1.57. The number of hydrazine groups is 1. The van der Waals surface area contributed by atoms with Gasteiger partial charge >= 0.3 is 0 Å². The monoisotopic (exact) mass is 178 g/mol. The number of hydrogen-bond acceptors (Lipinski definition) is 5. The quantitative estimate of drug-likeness (QED) is 0.293. The summed E-state index contributed by atoms with van der Waals surface area (Å²) < 4.78 is 0. The number of aromatic nitrogens is 4. The Morgan fingerprint density at radius 2 is 2.46 bits per heavy atom. The van der Waals surface area contributed by atoms with Gasteiger partial charge in [-0.1, -0.05) is 0 Å². The Morgan fingerprint density at radius 3 is 3.23 bits per heavy atom. The molecule has 0 saturated carbocycles. The molecule has 0 bridgehead atoms. The molecule has 0 aliphatic carbocycles. The molecule has 13 heavy (non-hydrogen) atoms. The Bertz CT molecular complexity index is 449. The van der Waals surface area contributed by atoms with Crippen LogP contribution in [-0.2, 0) is 0 Å². The second-order valence-corrected chi connectivity index (χ2v) is 2.33. The molecule has 0 aliphatic heterocycles. The molecule has 0 spiro atoms. The first-order valence-corrected chi connectivity index (χ1v) is 3.48. The van der Waals surface area contributed by atoms with Gasteiger partial charge in [0.25, 0.3) is 5.91 Å². The van der Waals surface area contributed by atoms with E-state index in [0.717, 1.165) is 0 Å². The zero-order valence-electron chi connectivity index (χ0n) is 6.48. The van der Waals surface area contributed by atoms with Crippen molar-refractivity contribution in [3.8, 4) is 0 Å². The molecule has 2 aromatic heterocycles. The van der Waals surface area contributed by atoms with Gasteiger partial charge in [-0.15, -0.1) is 0 Å². The summed E-state index contributed by atoms with van der Waals surface area (Å²) in [6.45, 7) is 0. The topological polar surface area (TPSA) is 110 Å². The number of rotatable bonds is 1. The summed E-state index contributed by atoms with van der Waals surface area (Å²) in [5.41, 5.74) is 3.20. The minimum absolute atomic E-state index is 0.167. The second-order valence-electron chi connectivity index (χ2n) is 2.33. The standard InChI is InChI=1S/C6H6N6O/c7-10-6(13)5-4-3(11-12-5)1-8-2-9-4/h1-2H,7H2,(H,10,13)(H,11,12). The normalized spacial score (nSPS) is 10.2. The average molecular weight is 178 g/mol. The van der Waals surface area contributed by atoms with Gasteiger partial charge in [-0.05, 0) is 0 Å². The Kier molecular flexibility index (Phi) is 1.64. The molecule has 2 heterocycles. The number of nitrogens with zero attached hydrogens (tertiary/aromatic N) is 3. The van der Waals surface area contributed by atoms with E-state index in [1.165, 1.54) is 12.5 Å². The molecule has 4 N–H and O–H groups in total. The van der Waals surface area contributed by atoms with E-state index in [0.29, 0.717) is 11.0 Å². The number of nitrogens with two attached hydrogens (primary N) is 1. The fourth-order valence-corrected chi connectivity index (χ4v) is 0.996. The van der Waals surface area contributed by atoms with Gasteiger partial charge in [0.15, 0.2) is 5.69 Å². The molecule has 0 aliphatic rings. The maximum atomic E-state index is 11.1. The van der Waals surface area contributed by atoms with Crippen LogP contribution in [0.2, 0.25) is 0 Å². The number of amides is 1. The molecule has 7 nitrogen and oxygen atoms in total. The van der Waals surface area contributed by atoms with Gasteiger partial charge in [-0.3, -0.25) is 15.3 Å². The minimum Gasteiger partial charge on any atom is -0.289 e. The van der Waals surface area contributed by atoms with E-state index >= 15 is 0 Å². The van der Waals surface area contributed by atoms with Crippen molar-refractivity contribution in [2.24, 2.45) is 5.84 Å². The SMILES string of the molecule is NNC(=O)c1n[nH]c2cncnc12. The van der Waals surface area contributed by atoms with Crippen molar-refractivity contribution >= 4 is 16.9 Å². The van der Waals surface area contributed by atoms with Crippen LogP contribution < -0.4 is 11.3 Å². The molecular weight excluding hydrogens is 172 g/mol. The van der Waals surface area contributed by atoms with E-state index < -0.39 is 5.91 Å². The van der Waals surface area contributed by atoms with Crippen molar-refractivity contribution in [3.05, 3.63) is 18.2 Å². The van der Waals surface area contributed by atoms with Crippen molar-refractivity contribution < 1.29 is 4.79 Å². The molecule has 0 unspecified atom stereocenters. The summed E-state index contributed by atoms with van der Waals surface area (Å²) in [6, 6.07) is 0. The lowest BCUT2D eigenvalue weighted by molar-refractivity contribution is 0.0950. The fourth-order valence-electron chi connectivity index (χ4n) is 0.996. The van der Waals surface area contributed by atoms with Crippen LogP contribution in [-0.4, -0.2) is 26.1 Å². The van der Waals surface area contributed by atoms with E-state index in [2.05, 4.69) is 20.2 Å². The van der Waals surface area contributed by atoms with Gasteiger partial charge in [0, 0.05) is 0 Å². The zero-order chi connectivity index (χ0) is 9.26. The number of carbonyl (C=O) groups is 1. The number of aromatic amines is 1. The predicted molar refractivity (Wildman–Crippen MR) is 43.3 cm³/mol. The molecule has 0 atom stereocenters. The Labute approximate surface area is 72.3 Å². The van der Waals surface area contributed by atoms with Crippen LogP contribution in [0.4, 0.5) is 0 Å². The Hall–Kier alpha value is -2.02.